The van der Waals surface area contributed by atoms with Crippen molar-refractivity contribution in [2.75, 3.05) is 11.9 Å². The van der Waals surface area contributed by atoms with Gasteiger partial charge in [0.1, 0.15) is 0 Å². The van der Waals surface area contributed by atoms with Gasteiger partial charge in [-0.15, -0.1) is 0 Å². The molecule has 1 aromatic carbocycles. The number of rotatable bonds is 3. The van der Waals surface area contributed by atoms with Crippen LogP contribution < -0.4 is 5.32 Å². The average molecular weight is 201 g/mol. The molecule has 0 atom stereocenters. The number of hydrogen-bond acceptors (Lipinski definition) is 2. The van der Waals surface area contributed by atoms with Gasteiger partial charge in [0.15, 0.2) is 11.6 Å². The lowest BCUT2D eigenvalue weighted by atomic mass is 10.3. The van der Waals surface area contributed by atoms with Gasteiger partial charge in [0.2, 0.25) is 5.91 Å². The van der Waals surface area contributed by atoms with E-state index in [9.17, 15) is 13.6 Å². The lowest BCUT2D eigenvalue weighted by molar-refractivity contribution is -0.116. The van der Waals surface area contributed by atoms with E-state index >= 15 is 0 Å². The number of halogens is 2. The number of benzene rings is 1. The van der Waals surface area contributed by atoms with Gasteiger partial charge < -0.3 is 10.4 Å². The van der Waals surface area contributed by atoms with Crippen LogP contribution in [0.1, 0.15) is 6.42 Å². The summed E-state index contributed by atoms with van der Waals surface area (Å²) < 4.78 is 25.1. The van der Waals surface area contributed by atoms with E-state index in [0.717, 1.165) is 12.1 Å². The highest BCUT2D eigenvalue weighted by Gasteiger charge is 2.05. The van der Waals surface area contributed by atoms with Crippen LogP contribution in [0.3, 0.4) is 0 Å². The van der Waals surface area contributed by atoms with Gasteiger partial charge in [0.05, 0.1) is 13.0 Å². The molecule has 76 valence electrons. The van der Waals surface area contributed by atoms with Gasteiger partial charge in [-0.1, -0.05) is 0 Å². The van der Waals surface area contributed by atoms with E-state index in [-0.39, 0.29) is 18.7 Å². The Morgan fingerprint density at radius 3 is 2.64 bits per heavy atom. The molecule has 0 heterocycles. The standard InChI is InChI=1S/C9H9F2NO2/c10-7-2-1-6(5-8(7)11)12-9(14)3-4-13/h1-2,5,13H,3-4H2,(H,12,14). The van der Waals surface area contributed by atoms with E-state index in [1.807, 2.05) is 0 Å². The van der Waals surface area contributed by atoms with Crippen LogP contribution in [0.15, 0.2) is 18.2 Å². The number of hydrogen-bond donors (Lipinski definition) is 2. The maximum absolute atomic E-state index is 12.6. The monoisotopic (exact) mass is 201 g/mol. The number of aliphatic hydroxyl groups excluding tert-OH is 1. The van der Waals surface area contributed by atoms with Gasteiger partial charge in [-0.25, -0.2) is 8.78 Å². The van der Waals surface area contributed by atoms with E-state index in [4.69, 9.17) is 5.11 Å². The molecule has 0 aliphatic carbocycles. The van der Waals surface area contributed by atoms with Crippen LogP contribution in [-0.2, 0) is 4.79 Å². The molecule has 5 heteroatoms. The van der Waals surface area contributed by atoms with Crippen molar-refractivity contribution in [2.45, 2.75) is 6.42 Å². The van der Waals surface area contributed by atoms with Crippen molar-refractivity contribution in [2.24, 2.45) is 0 Å². The third-order valence-corrected chi connectivity index (χ3v) is 1.54. The summed E-state index contributed by atoms with van der Waals surface area (Å²) in [7, 11) is 0. The van der Waals surface area contributed by atoms with Crippen LogP contribution in [0.25, 0.3) is 0 Å². The third-order valence-electron chi connectivity index (χ3n) is 1.54. The predicted molar refractivity (Wildman–Crippen MR) is 46.7 cm³/mol. The molecule has 1 amide bonds. The topological polar surface area (TPSA) is 49.3 Å². The second kappa shape index (κ2) is 4.66. The minimum absolute atomic E-state index is 0.0704. The second-order valence-corrected chi connectivity index (χ2v) is 2.65. The Bertz CT molecular complexity index is 342. The van der Waals surface area contributed by atoms with Gasteiger partial charge in [-0.2, -0.15) is 0 Å². The van der Waals surface area contributed by atoms with E-state index in [1.165, 1.54) is 6.07 Å². The molecule has 0 radical (unpaired) electrons. The molecule has 2 N–H and O–H groups in total. The summed E-state index contributed by atoms with van der Waals surface area (Å²) in [5.74, 6) is -2.43. The summed E-state index contributed by atoms with van der Waals surface area (Å²) in [6.45, 7) is -0.282. The lowest BCUT2D eigenvalue weighted by Crippen LogP contribution is -2.12. The molecule has 0 aliphatic heterocycles. The third kappa shape index (κ3) is 2.77. The first-order valence-electron chi connectivity index (χ1n) is 3.99. The summed E-state index contributed by atoms with van der Waals surface area (Å²) in [5, 5.41) is 10.7. The fourth-order valence-electron chi connectivity index (χ4n) is 0.899. The SMILES string of the molecule is O=C(CCO)Nc1ccc(F)c(F)c1. The first-order chi connectivity index (χ1) is 6.63. The molecule has 0 spiro atoms. The Kier molecular flexibility index (Phi) is 3.53. The van der Waals surface area contributed by atoms with Crippen molar-refractivity contribution in [1.29, 1.82) is 0 Å². The van der Waals surface area contributed by atoms with E-state index in [0.29, 0.717) is 0 Å². The van der Waals surface area contributed by atoms with Crippen LogP contribution in [0.5, 0.6) is 0 Å². The predicted octanol–water partition coefficient (Wildman–Crippen LogP) is 1.29. The Balaban J connectivity index is 2.68. The van der Waals surface area contributed by atoms with Crippen LogP contribution >= 0.6 is 0 Å². The van der Waals surface area contributed by atoms with Gasteiger partial charge in [0.25, 0.3) is 0 Å². The number of carbonyl (C=O) groups is 1. The molecule has 1 rings (SSSR count). The normalized spacial score (nSPS) is 9.93. The number of carbonyl (C=O) groups excluding carboxylic acids is 1. The number of amides is 1. The van der Waals surface area contributed by atoms with Crippen LogP contribution in [-0.4, -0.2) is 17.6 Å². The lowest BCUT2D eigenvalue weighted by Gasteiger charge is -2.03. The molecule has 0 bridgehead atoms. The number of nitrogens with one attached hydrogen (secondary N) is 1. The molecule has 0 saturated carbocycles. The Hall–Kier alpha value is -1.49. The van der Waals surface area contributed by atoms with Crippen LogP contribution in [0.4, 0.5) is 14.5 Å². The first-order valence-corrected chi connectivity index (χ1v) is 3.99. The summed E-state index contributed by atoms with van der Waals surface area (Å²) in [5.41, 5.74) is 0.169. The largest absolute Gasteiger partial charge is 0.396 e. The summed E-state index contributed by atoms with van der Waals surface area (Å²) in [6.07, 6.45) is -0.0704. The van der Waals surface area contributed by atoms with Gasteiger partial charge in [0, 0.05) is 11.8 Å². The van der Waals surface area contributed by atoms with Crippen LogP contribution in [0, 0.1) is 11.6 Å². The van der Waals surface area contributed by atoms with Gasteiger partial charge >= 0.3 is 0 Å². The molecule has 14 heavy (non-hydrogen) atoms. The molecule has 3 nitrogen and oxygen atoms in total. The maximum Gasteiger partial charge on any atom is 0.226 e. The Morgan fingerprint density at radius 2 is 2.07 bits per heavy atom. The van der Waals surface area contributed by atoms with Crippen molar-refractivity contribution in [3.8, 4) is 0 Å². The minimum atomic E-state index is -1.02. The minimum Gasteiger partial charge on any atom is -0.396 e. The molecule has 0 fully saturated rings. The zero-order chi connectivity index (χ0) is 10.6. The Labute approximate surface area is 79.4 Å². The summed E-state index contributed by atoms with van der Waals surface area (Å²) in [6, 6.07) is 3.04. The highest BCUT2D eigenvalue weighted by molar-refractivity contribution is 5.90. The van der Waals surface area contributed by atoms with Crippen molar-refractivity contribution < 1.29 is 18.7 Å². The fourth-order valence-corrected chi connectivity index (χ4v) is 0.899. The van der Waals surface area contributed by atoms with Crippen molar-refractivity contribution in [1.82, 2.24) is 0 Å². The van der Waals surface area contributed by atoms with Crippen molar-refractivity contribution in [3.05, 3.63) is 29.8 Å². The molecule has 0 saturated heterocycles. The maximum atomic E-state index is 12.6. The molecule has 0 aliphatic rings. The van der Waals surface area contributed by atoms with Gasteiger partial charge in [-0.3, -0.25) is 4.79 Å². The van der Waals surface area contributed by atoms with E-state index in [2.05, 4.69) is 5.32 Å². The Morgan fingerprint density at radius 1 is 1.36 bits per heavy atom. The van der Waals surface area contributed by atoms with E-state index in [1.54, 1.807) is 0 Å². The summed E-state index contributed by atoms with van der Waals surface area (Å²) in [4.78, 5) is 10.9. The first kappa shape index (κ1) is 10.6. The van der Waals surface area contributed by atoms with Crippen LogP contribution in [0.2, 0.25) is 0 Å². The van der Waals surface area contributed by atoms with E-state index < -0.39 is 17.5 Å². The number of anilines is 1. The quantitative estimate of drug-likeness (QED) is 0.774. The summed E-state index contributed by atoms with van der Waals surface area (Å²) >= 11 is 0. The van der Waals surface area contributed by atoms with Gasteiger partial charge in [-0.05, 0) is 12.1 Å². The highest BCUT2D eigenvalue weighted by Crippen LogP contribution is 2.12. The van der Waals surface area contributed by atoms with Crippen molar-refractivity contribution in [3.63, 3.8) is 0 Å². The molecular formula is C9H9F2NO2. The second-order valence-electron chi connectivity index (χ2n) is 2.65. The number of aliphatic hydroxyl groups is 1. The highest BCUT2D eigenvalue weighted by atomic mass is 19.2. The smallest absolute Gasteiger partial charge is 0.226 e. The molecular weight excluding hydrogens is 192 g/mol. The molecule has 1 aromatic rings. The van der Waals surface area contributed by atoms with Crippen molar-refractivity contribution >= 4 is 11.6 Å². The zero-order valence-electron chi connectivity index (χ0n) is 7.26. The average Bonchev–Trinajstić information content (AvgIpc) is 2.12. The zero-order valence-corrected chi connectivity index (χ0v) is 7.26. The fraction of sp³-hybridized carbons (Fsp3) is 0.222. The molecule has 0 aromatic heterocycles. The molecule has 0 unspecified atom stereocenters.